The van der Waals surface area contributed by atoms with Crippen molar-refractivity contribution in [2.24, 2.45) is 7.05 Å². The maximum Gasteiger partial charge on any atom is 0.280 e. The van der Waals surface area contributed by atoms with Gasteiger partial charge < -0.3 is 20.4 Å². The molecule has 0 unspecified atom stereocenters. The fourth-order valence-corrected chi connectivity index (χ4v) is 6.22. The fraction of sp³-hybridized carbons (Fsp3) is 0.297. The summed E-state index contributed by atoms with van der Waals surface area (Å²) in [6.07, 6.45) is 6.81. The minimum Gasteiger partial charge on any atom is -0.372 e. The van der Waals surface area contributed by atoms with Crippen molar-refractivity contribution in [1.29, 1.82) is 0 Å². The van der Waals surface area contributed by atoms with E-state index in [9.17, 15) is 18.4 Å². The molecular formula is C37H39F3N8O2. The second-order valence-corrected chi connectivity index (χ2v) is 12.6. The van der Waals surface area contributed by atoms with Crippen LogP contribution in [0.2, 0.25) is 0 Å². The Kier molecular flexibility index (Phi) is 10.0. The zero-order valence-electron chi connectivity index (χ0n) is 28.4. The van der Waals surface area contributed by atoms with Crippen LogP contribution in [0, 0.1) is 24.4 Å². The number of anilines is 3. The van der Waals surface area contributed by atoms with Gasteiger partial charge in [0, 0.05) is 55.5 Å². The van der Waals surface area contributed by atoms with Crippen molar-refractivity contribution < 1.29 is 18.0 Å². The lowest BCUT2D eigenvalue weighted by atomic mass is 10.0. The van der Waals surface area contributed by atoms with Crippen LogP contribution >= 0.6 is 0 Å². The summed E-state index contributed by atoms with van der Waals surface area (Å²) in [5.74, 6) is -2.77. The molecule has 0 bridgehead atoms. The predicted molar refractivity (Wildman–Crippen MR) is 189 cm³/mol. The Labute approximate surface area is 287 Å². The lowest BCUT2D eigenvalue weighted by molar-refractivity contribution is 0.0956. The number of carbonyl (C=O) groups excluding carboxylic acids is 1. The van der Waals surface area contributed by atoms with Crippen LogP contribution in [-0.4, -0.2) is 69.9 Å². The van der Waals surface area contributed by atoms with Crippen LogP contribution in [0.3, 0.4) is 0 Å². The lowest BCUT2D eigenvalue weighted by Gasteiger charge is -2.36. The van der Waals surface area contributed by atoms with Crippen molar-refractivity contribution in [3.05, 3.63) is 117 Å². The number of benzene rings is 3. The van der Waals surface area contributed by atoms with E-state index in [1.54, 1.807) is 32.2 Å². The lowest BCUT2D eigenvalue weighted by Crippen LogP contribution is -2.41. The van der Waals surface area contributed by atoms with E-state index in [-0.39, 0.29) is 29.6 Å². The van der Waals surface area contributed by atoms with Gasteiger partial charge in [0.1, 0.15) is 11.4 Å². The highest BCUT2D eigenvalue weighted by Gasteiger charge is 2.22. The molecule has 0 spiro atoms. The van der Waals surface area contributed by atoms with Crippen molar-refractivity contribution in [3.63, 3.8) is 0 Å². The summed E-state index contributed by atoms with van der Waals surface area (Å²) in [5, 5.41) is 6.11. The molecule has 2 N–H and O–H groups in total. The molecule has 13 heteroatoms. The Morgan fingerprint density at radius 3 is 2.48 bits per heavy atom. The molecule has 1 aliphatic heterocycles. The van der Waals surface area contributed by atoms with E-state index in [4.69, 9.17) is 0 Å². The van der Waals surface area contributed by atoms with Crippen molar-refractivity contribution in [1.82, 2.24) is 29.5 Å². The van der Waals surface area contributed by atoms with Crippen molar-refractivity contribution >= 4 is 40.2 Å². The van der Waals surface area contributed by atoms with E-state index in [1.807, 2.05) is 12.1 Å². The largest absolute Gasteiger partial charge is 0.372 e. The molecule has 0 atom stereocenters. The summed E-state index contributed by atoms with van der Waals surface area (Å²) in [6, 6.07) is 15.3. The monoisotopic (exact) mass is 684 g/mol. The third kappa shape index (κ3) is 7.27. The number of carbonyl (C=O) groups is 1. The molecule has 2 aromatic heterocycles. The summed E-state index contributed by atoms with van der Waals surface area (Å²) in [4.78, 5) is 39.6. The van der Waals surface area contributed by atoms with Gasteiger partial charge >= 0.3 is 0 Å². The predicted octanol–water partition coefficient (Wildman–Crippen LogP) is 5.62. The Morgan fingerprint density at radius 2 is 1.76 bits per heavy atom. The van der Waals surface area contributed by atoms with Gasteiger partial charge in [-0.15, -0.1) is 0 Å². The van der Waals surface area contributed by atoms with Crippen molar-refractivity contribution in [3.8, 4) is 0 Å². The minimum absolute atomic E-state index is 0.0270. The SMILES string of the molecule is Cc1c(C(=O)NCC=Cc2ccc3nc(Nc4ccc(N(C)C5CCN(C)CC5)cc4)ncc3c2F)c(=O)n(Cc2ccc(F)c(F)c2)n1C. The Balaban J connectivity index is 1.07. The fourth-order valence-electron chi connectivity index (χ4n) is 6.22. The van der Waals surface area contributed by atoms with Gasteiger partial charge in [0.2, 0.25) is 5.95 Å². The van der Waals surface area contributed by atoms with E-state index < -0.39 is 28.9 Å². The van der Waals surface area contributed by atoms with Gasteiger partial charge in [0.25, 0.3) is 11.5 Å². The second-order valence-electron chi connectivity index (χ2n) is 12.6. The average Bonchev–Trinajstić information content (AvgIpc) is 3.32. The molecule has 1 amide bonds. The highest BCUT2D eigenvalue weighted by atomic mass is 19.2. The maximum absolute atomic E-state index is 15.4. The molecule has 50 heavy (non-hydrogen) atoms. The van der Waals surface area contributed by atoms with Crippen LogP contribution in [0.1, 0.15) is 40.0 Å². The standard InChI is InChI=1S/C37H39F3N8O2/c1-23-33(36(50)48(47(23)4)22-24-7-13-30(38)31(39)20-24)35(49)41-17-5-6-25-8-14-32-29(34(25)40)21-42-37(44-32)43-26-9-11-27(12-10-26)46(3)28-15-18-45(2)19-16-28/h5-14,20-21,28H,15-19,22H2,1-4H3,(H,41,49)(H,42,43,44). The van der Waals surface area contributed by atoms with Gasteiger partial charge in [0.05, 0.1) is 17.4 Å². The number of amides is 1. The number of piperidine rings is 1. The third-order valence-electron chi connectivity index (χ3n) is 9.37. The number of fused-ring (bicyclic) bond motifs is 1. The quantitative estimate of drug-likeness (QED) is 0.197. The number of rotatable bonds is 10. The van der Waals surface area contributed by atoms with E-state index in [0.29, 0.717) is 28.8 Å². The van der Waals surface area contributed by atoms with Gasteiger partial charge in [-0.3, -0.25) is 14.3 Å². The van der Waals surface area contributed by atoms with Crippen LogP contribution in [0.4, 0.5) is 30.5 Å². The molecule has 0 aliphatic carbocycles. The van der Waals surface area contributed by atoms with E-state index in [0.717, 1.165) is 49.4 Å². The zero-order valence-corrected chi connectivity index (χ0v) is 28.4. The molecule has 0 radical (unpaired) electrons. The molecular weight excluding hydrogens is 645 g/mol. The first-order chi connectivity index (χ1) is 24.0. The zero-order chi connectivity index (χ0) is 35.5. The van der Waals surface area contributed by atoms with Crippen molar-refractivity contribution in [2.45, 2.75) is 32.4 Å². The van der Waals surface area contributed by atoms with E-state index in [1.165, 1.54) is 27.7 Å². The number of halogens is 3. The molecule has 260 valence electrons. The number of hydrogen-bond donors (Lipinski definition) is 2. The van der Waals surface area contributed by atoms with Gasteiger partial charge in [-0.1, -0.05) is 18.2 Å². The Bertz CT molecular complexity index is 2120. The normalized spacial score (nSPS) is 14.1. The topological polar surface area (TPSA) is 100 Å². The summed E-state index contributed by atoms with van der Waals surface area (Å²) < 4.78 is 45.2. The smallest absolute Gasteiger partial charge is 0.280 e. The first-order valence-corrected chi connectivity index (χ1v) is 16.4. The molecule has 5 aromatic rings. The van der Waals surface area contributed by atoms with E-state index >= 15 is 4.39 Å². The van der Waals surface area contributed by atoms with Crippen LogP contribution in [-0.2, 0) is 13.6 Å². The molecule has 0 saturated carbocycles. The average molecular weight is 685 g/mol. The van der Waals surface area contributed by atoms with Crippen LogP contribution in [0.5, 0.6) is 0 Å². The molecule has 1 fully saturated rings. The molecule has 1 aliphatic rings. The van der Waals surface area contributed by atoms with Crippen LogP contribution < -0.4 is 21.1 Å². The van der Waals surface area contributed by atoms with Crippen molar-refractivity contribution in [2.75, 3.05) is 43.9 Å². The number of nitrogens with zero attached hydrogens (tertiary/aromatic N) is 6. The number of nitrogens with one attached hydrogen (secondary N) is 2. The molecule has 3 aromatic carbocycles. The Hall–Kier alpha value is -5.43. The van der Waals surface area contributed by atoms with Gasteiger partial charge in [0.15, 0.2) is 11.6 Å². The molecule has 10 nitrogen and oxygen atoms in total. The number of likely N-dealkylation sites (tertiary alicyclic amines) is 1. The molecule has 3 heterocycles. The Morgan fingerprint density at radius 1 is 1.02 bits per heavy atom. The summed E-state index contributed by atoms with van der Waals surface area (Å²) in [7, 11) is 5.89. The molecule has 1 saturated heterocycles. The second kappa shape index (κ2) is 14.6. The van der Waals surface area contributed by atoms with E-state index in [2.05, 4.69) is 56.6 Å². The first kappa shape index (κ1) is 34.4. The third-order valence-corrected chi connectivity index (χ3v) is 9.37. The number of hydrogen-bond acceptors (Lipinski definition) is 7. The maximum atomic E-state index is 15.4. The van der Waals surface area contributed by atoms with Gasteiger partial charge in [-0.25, -0.2) is 27.8 Å². The summed E-state index contributed by atoms with van der Waals surface area (Å²) >= 11 is 0. The highest BCUT2D eigenvalue weighted by Crippen LogP contribution is 2.26. The minimum atomic E-state index is -1.02. The van der Waals surface area contributed by atoms with Gasteiger partial charge in [-0.2, -0.15) is 0 Å². The van der Waals surface area contributed by atoms with Crippen LogP contribution in [0.15, 0.2) is 71.7 Å². The number of aromatic nitrogens is 4. The van der Waals surface area contributed by atoms with Gasteiger partial charge in [-0.05, 0) is 94.0 Å². The van der Waals surface area contributed by atoms with Crippen LogP contribution in [0.25, 0.3) is 17.0 Å². The first-order valence-electron chi connectivity index (χ1n) is 16.4. The summed E-state index contributed by atoms with van der Waals surface area (Å²) in [5.41, 5.74) is 2.81. The molecule has 6 rings (SSSR count). The summed E-state index contributed by atoms with van der Waals surface area (Å²) in [6.45, 7) is 3.79. The highest BCUT2D eigenvalue weighted by molar-refractivity contribution is 5.95.